The molecule has 0 atom stereocenters. The molecule has 4 rings (SSSR count). The molecule has 0 aromatic heterocycles. The fraction of sp³-hybridized carbons (Fsp3) is 0.258. The normalized spacial score (nSPS) is 14.4. The number of ether oxygens (including phenoxy) is 2. The molecule has 1 heterocycles. The summed E-state index contributed by atoms with van der Waals surface area (Å²) >= 11 is 0. The molecule has 3 aromatic carbocycles. The average Bonchev–Trinajstić information content (AvgIpc) is 2.95. The van der Waals surface area contributed by atoms with Crippen LogP contribution in [0.4, 0.5) is 13.2 Å². The van der Waals surface area contributed by atoms with Gasteiger partial charge in [-0.05, 0) is 53.1 Å². The van der Waals surface area contributed by atoms with Crippen molar-refractivity contribution in [1.29, 1.82) is 0 Å². The Morgan fingerprint density at radius 1 is 0.872 bits per heavy atom. The Kier molecular flexibility index (Phi) is 8.76. The smallest absolute Gasteiger partial charge is 0.416 e. The van der Waals surface area contributed by atoms with Crippen molar-refractivity contribution in [2.24, 2.45) is 0 Å². The molecule has 0 unspecified atom stereocenters. The molecule has 1 aliphatic rings. The molecular weight excluding hydrogens is 505 g/mol. The van der Waals surface area contributed by atoms with Gasteiger partial charge in [-0.1, -0.05) is 49.1 Å². The summed E-state index contributed by atoms with van der Waals surface area (Å²) in [4.78, 5) is 17.0. The van der Waals surface area contributed by atoms with E-state index >= 15 is 0 Å². The lowest BCUT2D eigenvalue weighted by Crippen LogP contribution is -2.48. The molecule has 5 nitrogen and oxygen atoms in total. The maximum Gasteiger partial charge on any atom is 0.416 e. The molecule has 1 saturated heterocycles. The molecule has 0 bridgehead atoms. The van der Waals surface area contributed by atoms with Crippen molar-refractivity contribution in [2.75, 3.05) is 40.4 Å². The molecule has 0 aliphatic carbocycles. The number of hydrogen-bond acceptors (Lipinski definition) is 4. The highest BCUT2D eigenvalue weighted by atomic mass is 19.4. The van der Waals surface area contributed by atoms with Gasteiger partial charge in [0, 0.05) is 38.3 Å². The number of carbonyl (C=O) groups is 1. The number of benzene rings is 3. The minimum Gasteiger partial charge on any atom is -0.496 e. The van der Waals surface area contributed by atoms with Crippen LogP contribution in [0, 0.1) is 0 Å². The zero-order chi connectivity index (χ0) is 28.0. The van der Waals surface area contributed by atoms with Crippen LogP contribution in [0.2, 0.25) is 0 Å². The van der Waals surface area contributed by atoms with Gasteiger partial charge in [0.15, 0.2) is 0 Å². The minimum atomic E-state index is -4.33. The van der Waals surface area contributed by atoms with Gasteiger partial charge < -0.3 is 14.4 Å². The molecule has 204 valence electrons. The lowest BCUT2D eigenvalue weighted by atomic mass is 10.1. The molecule has 0 spiro atoms. The first-order valence-corrected chi connectivity index (χ1v) is 12.6. The van der Waals surface area contributed by atoms with E-state index in [4.69, 9.17) is 9.47 Å². The van der Waals surface area contributed by atoms with Crippen molar-refractivity contribution in [2.45, 2.75) is 12.7 Å². The molecule has 1 aliphatic heterocycles. The molecular formula is C31H31F3N2O3. The number of alkyl halides is 3. The molecule has 8 heteroatoms. The fourth-order valence-corrected chi connectivity index (χ4v) is 4.53. The van der Waals surface area contributed by atoms with Crippen LogP contribution in [0.25, 0.3) is 18.2 Å². The summed E-state index contributed by atoms with van der Waals surface area (Å²) in [7, 11) is 3.20. The second kappa shape index (κ2) is 12.2. The predicted molar refractivity (Wildman–Crippen MR) is 148 cm³/mol. The molecule has 0 N–H and O–H groups in total. The SMILES string of the molecule is C=Cc1c(OC)cc(/C=C/c2ccc(C(=O)N3CCN(Cc4ccc(C(F)(F)F)cc4)CC3)cc2)cc1OC. The van der Waals surface area contributed by atoms with Gasteiger partial charge in [-0.15, -0.1) is 0 Å². The van der Waals surface area contributed by atoms with Crippen LogP contribution < -0.4 is 9.47 Å². The largest absolute Gasteiger partial charge is 0.496 e. The van der Waals surface area contributed by atoms with Crippen LogP contribution in [-0.4, -0.2) is 56.1 Å². The van der Waals surface area contributed by atoms with E-state index in [1.54, 1.807) is 20.3 Å². The van der Waals surface area contributed by atoms with Gasteiger partial charge in [0.25, 0.3) is 5.91 Å². The van der Waals surface area contributed by atoms with Crippen molar-refractivity contribution in [3.63, 3.8) is 0 Å². The standard InChI is InChI=1S/C31H31F3N2O3/c1-4-27-28(38-2)19-24(20-29(27)39-3)6-5-22-7-11-25(12-8-22)30(37)36-17-15-35(16-18-36)21-23-9-13-26(14-10-23)31(32,33)34/h4-14,19-20H,1,15-18,21H2,2-3H3/b6-5+. The van der Waals surface area contributed by atoms with Crippen molar-refractivity contribution in [1.82, 2.24) is 9.80 Å². The second-order valence-electron chi connectivity index (χ2n) is 9.26. The van der Waals surface area contributed by atoms with Crippen LogP contribution in [0.1, 0.15) is 38.2 Å². The molecule has 1 fully saturated rings. The Hall–Kier alpha value is -4.04. The monoisotopic (exact) mass is 536 g/mol. The molecule has 0 radical (unpaired) electrons. The van der Waals surface area contributed by atoms with Crippen LogP contribution in [0.5, 0.6) is 11.5 Å². The van der Waals surface area contributed by atoms with E-state index < -0.39 is 11.7 Å². The molecule has 3 aromatic rings. The summed E-state index contributed by atoms with van der Waals surface area (Å²) < 4.78 is 49.3. The second-order valence-corrected chi connectivity index (χ2v) is 9.26. The summed E-state index contributed by atoms with van der Waals surface area (Å²) in [6, 6.07) is 16.5. The number of amides is 1. The maximum atomic E-state index is 13.0. The highest BCUT2D eigenvalue weighted by Crippen LogP contribution is 2.32. The number of piperazine rings is 1. The van der Waals surface area contributed by atoms with Gasteiger partial charge in [0.2, 0.25) is 0 Å². The van der Waals surface area contributed by atoms with E-state index in [0.29, 0.717) is 49.8 Å². The number of halogens is 3. The van der Waals surface area contributed by atoms with E-state index in [0.717, 1.165) is 34.4 Å². The number of nitrogens with zero attached hydrogens (tertiary/aromatic N) is 2. The van der Waals surface area contributed by atoms with Gasteiger partial charge in [0.1, 0.15) is 11.5 Å². The van der Waals surface area contributed by atoms with Crippen molar-refractivity contribution < 1.29 is 27.4 Å². The quantitative estimate of drug-likeness (QED) is 0.309. The van der Waals surface area contributed by atoms with E-state index in [-0.39, 0.29) is 5.91 Å². The molecule has 39 heavy (non-hydrogen) atoms. The highest BCUT2D eigenvalue weighted by Gasteiger charge is 2.30. The first-order valence-electron chi connectivity index (χ1n) is 12.6. The van der Waals surface area contributed by atoms with E-state index in [2.05, 4.69) is 11.5 Å². The third-order valence-electron chi connectivity index (χ3n) is 6.74. The Bertz CT molecular complexity index is 1300. The summed E-state index contributed by atoms with van der Waals surface area (Å²) in [6.45, 7) is 6.80. The first kappa shape index (κ1) is 28.0. The molecule has 1 amide bonds. The van der Waals surface area contributed by atoms with Crippen LogP contribution in [0.3, 0.4) is 0 Å². The van der Waals surface area contributed by atoms with E-state index in [1.807, 2.05) is 53.5 Å². The zero-order valence-corrected chi connectivity index (χ0v) is 22.0. The molecule has 0 saturated carbocycles. The summed E-state index contributed by atoms with van der Waals surface area (Å²) in [5.41, 5.74) is 3.43. The number of rotatable bonds is 8. The lowest BCUT2D eigenvalue weighted by molar-refractivity contribution is -0.137. The van der Waals surface area contributed by atoms with Crippen molar-refractivity contribution in [3.8, 4) is 11.5 Å². The minimum absolute atomic E-state index is 0.0332. The van der Waals surface area contributed by atoms with Gasteiger partial charge in [0.05, 0.1) is 25.3 Å². The highest BCUT2D eigenvalue weighted by molar-refractivity contribution is 5.94. The van der Waals surface area contributed by atoms with Gasteiger partial charge in [-0.3, -0.25) is 9.69 Å². The lowest BCUT2D eigenvalue weighted by Gasteiger charge is -2.34. The predicted octanol–water partition coefficient (Wildman–Crippen LogP) is 6.49. The van der Waals surface area contributed by atoms with Gasteiger partial charge in [-0.25, -0.2) is 0 Å². The summed E-state index contributed by atoms with van der Waals surface area (Å²) in [5, 5.41) is 0. The zero-order valence-electron chi connectivity index (χ0n) is 22.0. The van der Waals surface area contributed by atoms with Crippen molar-refractivity contribution >= 4 is 24.1 Å². The van der Waals surface area contributed by atoms with Gasteiger partial charge in [-0.2, -0.15) is 13.2 Å². The average molecular weight is 537 g/mol. The Morgan fingerprint density at radius 3 is 1.95 bits per heavy atom. The summed E-state index contributed by atoms with van der Waals surface area (Å²) in [6.07, 6.45) is 1.26. The van der Waals surface area contributed by atoms with Crippen LogP contribution in [0.15, 0.2) is 67.2 Å². The number of hydrogen-bond donors (Lipinski definition) is 0. The van der Waals surface area contributed by atoms with Crippen molar-refractivity contribution in [3.05, 3.63) is 101 Å². The van der Waals surface area contributed by atoms with E-state index in [9.17, 15) is 18.0 Å². The van der Waals surface area contributed by atoms with Crippen LogP contribution >= 0.6 is 0 Å². The Labute approximate surface area is 226 Å². The summed E-state index contributed by atoms with van der Waals surface area (Å²) in [5.74, 6) is 1.31. The Morgan fingerprint density at radius 2 is 1.44 bits per heavy atom. The number of carbonyl (C=O) groups excluding carboxylic acids is 1. The Balaban J connectivity index is 1.33. The third-order valence-corrected chi connectivity index (χ3v) is 6.74. The van der Waals surface area contributed by atoms with E-state index in [1.165, 1.54) is 12.1 Å². The van der Waals surface area contributed by atoms with Crippen LogP contribution in [-0.2, 0) is 12.7 Å². The topological polar surface area (TPSA) is 42.0 Å². The van der Waals surface area contributed by atoms with Gasteiger partial charge >= 0.3 is 6.18 Å². The first-order chi connectivity index (χ1) is 18.7. The maximum absolute atomic E-state index is 13.0. The third kappa shape index (κ3) is 6.89. The number of methoxy groups -OCH3 is 2. The fourth-order valence-electron chi connectivity index (χ4n) is 4.53.